The van der Waals surface area contributed by atoms with Crippen LogP contribution in [0, 0.1) is 6.92 Å². The number of aromatic nitrogens is 1. The summed E-state index contributed by atoms with van der Waals surface area (Å²) in [5, 5.41) is 6.94. The van der Waals surface area contributed by atoms with Gasteiger partial charge in [-0.25, -0.2) is 4.98 Å². The van der Waals surface area contributed by atoms with Crippen molar-refractivity contribution in [1.82, 2.24) is 10.3 Å². The fourth-order valence-electron chi connectivity index (χ4n) is 2.41. The topological polar surface area (TPSA) is 24.9 Å². The van der Waals surface area contributed by atoms with Crippen LogP contribution in [0.25, 0.3) is 0 Å². The number of hydrogen-bond acceptors (Lipinski definition) is 3. The van der Waals surface area contributed by atoms with E-state index in [1.807, 2.05) is 0 Å². The van der Waals surface area contributed by atoms with Gasteiger partial charge in [0.1, 0.15) is 0 Å². The van der Waals surface area contributed by atoms with Crippen molar-refractivity contribution in [2.45, 2.75) is 46.1 Å². The van der Waals surface area contributed by atoms with E-state index in [-0.39, 0.29) is 6.04 Å². The molecular weight excluding hydrogens is 264 g/mol. The molecule has 0 saturated heterocycles. The Morgan fingerprint density at radius 1 is 1.25 bits per heavy atom. The van der Waals surface area contributed by atoms with E-state index in [0.717, 1.165) is 30.1 Å². The fraction of sp³-hybridized carbons (Fsp3) is 0.471. The van der Waals surface area contributed by atoms with E-state index in [2.05, 4.69) is 60.7 Å². The fourth-order valence-corrected chi connectivity index (χ4v) is 3.05. The zero-order valence-corrected chi connectivity index (χ0v) is 13.5. The van der Waals surface area contributed by atoms with Crippen LogP contribution in [-0.4, -0.2) is 11.5 Å². The molecule has 0 saturated carbocycles. The highest BCUT2D eigenvalue weighted by Gasteiger charge is 2.16. The van der Waals surface area contributed by atoms with Gasteiger partial charge < -0.3 is 5.32 Å². The quantitative estimate of drug-likeness (QED) is 0.812. The van der Waals surface area contributed by atoms with Gasteiger partial charge in [0.15, 0.2) is 0 Å². The van der Waals surface area contributed by atoms with Gasteiger partial charge in [-0.1, -0.05) is 44.5 Å². The average Bonchev–Trinajstić information content (AvgIpc) is 2.87. The third kappa shape index (κ3) is 3.90. The maximum atomic E-state index is 4.67. The van der Waals surface area contributed by atoms with Gasteiger partial charge in [-0.2, -0.15) is 0 Å². The Balaban J connectivity index is 2.28. The van der Waals surface area contributed by atoms with Crippen molar-refractivity contribution in [3.05, 3.63) is 51.5 Å². The Hall–Kier alpha value is -1.19. The molecule has 2 aromatic rings. The molecule has 3 heteroatoms. The molecule has 0 fully saturated rings. The molecule has 0 spiro atoms. The maximum Gasteiger partial charge on any atom is 0.0898 e. The number of rotatable bonds is 7. The second-order valence-corrected chi connectivity index (χ2v) is 6.24. The molecule has 2 rings (SSSR count). The van der Waals surface area contributed by atoms with E-state index < -0.39 is 0 Å². The predicted octanol–water partition coefficient (Wildman–Crippen LogP) is 4.49. The van der Waals surface area contributed by atoms with Crippen LogP contribution in [0.1, 0.15) is 54.6 Å². The Bertz CT molecular complexity index is 533. The van der Waals surface area contributed by atoms with Gasteiger partial charge in [0.05, 0.1) is 16.7 Å². The van der Waals surface area contributed by atoms with Crippen molar-refractivity contribution in [3.8, 4) is 0 Å². The van der Waals surface area contributed by atoms with Gasteiger partial charge in [0.25, 0.3) is 0 Å². The van der Waals surface area contributed by atoms with E-state index in [4.69, 9.17) is 0 Å². The van der Waals surface area contributed by atoms with Gasteiger partial charge in [-0.3, -0.25) is 0 Å². The average molecular weight is 288 g/mol. The summed E-state index contributed by atoms with van der Waals surface area (Å²) in [6.45, 7) is 7.50. The van der Waals surface area contributed by atoms with Crippen molar-refractivity contribution in [3.63, 3.8) is 0 Å². The Morgan fingerprint density at radius 2 is 2.10 bits per heavy atom. The highest BCUT2D eigenvalue weighted by Crippen LogP contribution is 2.24. The zero-order valence-electron chi connectivity index (χ0n) is 12.6. The molecule has 2 nitrogen and oxygen atoms in total. The summed E-state index contributed by atoms with van der Waals surface area (Å²) in [4.78, 5) is 4.67. The molecule has 1 N–H and O–H groups in total. The Morgan fingerprint density at radius 3 is 2.75 bits per heavy atom. The van der Waals surface area contributed by atoms with Crippen LogP contribution in [0.4, 0.5) is 0 Å². The summed E-state index contributed by atoms with van der Waals surface area (Å²) in [5.41, 5.74) is 3.89. The van der Waals surface area contributed by atoms with E-state index in [9.17, 15) is 0 Å². The molecule has 1 atom stereocenters. The summed E-state index contributed by atoms with van der Waals surface area (Å²) < 4.78 is 0. The molecule has 20 heavy (non-hydrogen) atoms. The van der Waals surface area contributed by atoms with Crippen LogP contribution in [0.5, 0.6) is 0 Å². The summed E-state index contributed by atoms with van der Waals surface area (Å²) in [6.07, 6.45) is 3.46. The molecule has 0 aliphatic rings. The molecule has 0 radical (unpaired) electrons. The van der Waals surface area contributed by atoms with Gasteiger partial charge in [0.2, 0.25) is 0 Å². The monoisotopic (exact) mass is 288 g/mol. The second-order valence-electron chi connectivity index (χ2n) is 5.17. The lowest BCUT2D eigenvalue weighted by molar-refractivity contribution is 0.587. The molecule has 0 bridgehead atoms. The van der Waals surface area contributed by atoms with Crippen molar-refractivity contribution in [2.75, 3.05) is 6.54 Å². The highest BCUT2D eigenvalue weighted by molar-refractivity contribution is 7.09. The third-order valence-electron chi connectivity index (χ3n) is 3.35. The molecule has 0 aliphatic heterocycles. The molecule has 0 aliphatic carbocycles. The van der Waals surface area contributed by atoms with Crippen LogP contribution in [0.2, 0.25) is 0 Å². The van der Waals surface area contributed by atoms with Gasteiger partial charge in [-0.15, -0.1) is 11.3 Å². The molecule has 0 amide bonds. The van der Waals surface area contributed by atoms with Gasteiger partial charge >= 0.3 is 0 Å². The first kappa shape index (κ1) is 15.2. The SMILES string of the molecule is CCCNC(c1cccc(CCC)c1)c1csc(C)n1. The molecule has 1 unspecified atom stereocenters. The summed E-state index contributed by atoms with van der Waals surface area (Å²) >= 11 is 1.72. The number of thiazole rings is 1. The van der Waals surface area contributed by atoms with Gasteiger partial charge in [0, 0.05) is 5.38 Å². The number of benzene rings is 1. The van der Waals surface area contributed by atoms with E-state index in [0.29, 0.717) is 0 Å². The lowest BCUT2D eigenvalue weighted by Gasteiger charge is -2.18. The van der Waals surface area contributed by atoms with Crippen LogP contribution in [-0.2, 0) is 6.42 Å². The first-order valence-corrected chi connectivity index (χ1v) is 8.36. The molecule has 1 aromatic carbocycles. The van der Waals surface area contributed by atoms with E-state index in [1.54, 1.807) is 11.3 Å². The normalized spacial score (nSPS) is 12.6. The predicted molar refractivity (Wildman–Crippen MR) is 87.4 cm³/mol. The van der Waals surface area contributed by atoms with Crippen LogP contribution in [0.3, 0.4) is 0 Å². The van der Waals surface area contributed by atoms with Crippen LogP contribution < -0.4 is 5.32 Å². The molecule has 1 heterocycles. The summed E-state index contributed by atoms with van der Waals surface area (Å²) in [5.74, 6) is 0. The van der Waals surface area contributed by atoms with E-state index in [1.165, 1.54) is 17.5 Å². The van der Waals surface area contributed by atoms with E-state index >= 15 is 0 Å². The summed E-state index contributed by atoms with van der Waals surface area (Å²) in [7, 11) is 0. The zero-order chi connectivity index (χ0) is 14.4. The third-order valence-corrected chi connectivity index (χ3v) is 4.15. The number of nitrogens with one attached hydrogen (secondary N) is 1. The lowest BCUT2D eigenvalue weighted by Crippen LogP contribution is -2.23. The lowest BCUT2D eigenvalue weighted by atomic mass is 10.00. The van der Waals surface area contributed by atoms with Crippen molar-refractivity contribution in [1.29, 1.82) is 0 Å². The minimum atomic E-state index is 0.219. The maximum absolute atomic E-state index is 4.67. The van der Waals surface area contributed by atoms with Crippen molar-refractivity contribution in [2.24, 2.45) is 0 Å². The van der Waals surface area contributed by atoms with Crippen molar-refractivity contribution < 1.29 is 0 Å². The van der Waals surface area contributed by atoms with Crippen LogP contribution in [0.15, 0.2) is 29.6 Å². The summed E-state index contributed by atoms with van der Waals surface area (Å²) in [6, 6.07) is 9.14. The van der Waals surface area contributed by atoms with Crippen molar-refractivity contribution >= 4 is 11.3 Å². The van der Waals surface area contributed by atoms with Gasteiger partial charge in [-0.05, 0) is 37.4 Å². The standard InChI is InChI=1S/C17H24N2S/c1-4-7-14-8-6-9-15(11-14)17(18-10-5-2)16-12-20-13(3)19-16/h6,8-9,11-12,17-18H,4-5,7,10H2,1-3H3. The smallest absolute Gasteiger partial charge is 0.0898 e. The number of aryl methyl sites for hydroxylation is 2. The number of hydrogen-bond donors (Lipinski definition) is 1. The second kappa shape index (κ2) is 7.55. The van der Waals surface area contributed by atoms with Crippen LogP contribution >= 0.6 is 11.3 Å². The first-order valence-electron chi connectivity index (χ1n) is 7.48. The minimum absolute atomic E-state index is 0.219. The number of nitrogens with zero attached hydrogens (tertiary/aromatic N) is 1. The molecule has 1 aromatic heterocycles. The minimum Gasteiger partial charge on any atom is -0.305 e. The Kier molecular flexibility index (Phi) is 5.74. The highest BCUT2D eigenvalue weighted by atomic mass is 32.1. The molecule has 108 valence electrons. The largest absolute Gasteiger partial charge is 0.305 e. The molecular formula is C17H24N2S. The Labute approximate surface area is 126 Å². The first-order chi connectivity index (χ1) is 9.74.